The van der Waals surface area contributed by atoms with Crippen molar-refractivity contribution in [2.45, 2.75) is 18.7 Å². The predicted molar refractivity (Wildman–Crippen MR) is 52.7 cm³/mol. The van der Waals surface area contributed by atoms with Crippen LogP contribution < -0.4 is 5.14 Å². The van der Waals surface area contributed by atoms with Gasteiger partial charge in [0.05, 0.1) is 4.90 Å². The summed E-state index contributed by atoms with van der Waals surface area (Å²) in [7, 11) is -3.80. The molecule has 14 heavy (non-hydrogen) atoms. The van der Waals surface area contributed by atoms with E-state index in [2.05, 4.69) is 5.18 Å². The highest BCUT2D eigenvalue weighted by molar-refractivity contribution is 7.89. The zero-order valence-electron chi connectivity index (χ0n) is 7.81. The average molecular weight is 214 g/mol. The van der Waals surface area contributed by atoms with E-state index in [0.29, 0.717) is 11.1 Å². The van der Waals surface area contributed by atoms with Gasteiger partial charge in [-0.25, -0.2) is 13.6 Å². The fourth-order valence-corrected chi connectivity index (χ4v) is 2.40. The SMILES string of the molecule is Cc1ccc(N=O)c(C)c1S(N)(=O)=O. The van der Waals surface area contributed by atoms with Gasteiger partial charge in [0.1, 0.15) is 5.69 Å². The van der Waals surface area contributed by atoms with Crippen molar-refractivity contribution >= 4 is 15.7 Å². The van der Waals surface area contributed by atoms with Gasteiger partial charge in [0.15, 0.2) is 0 Å². The molecule has 0 spiro atoms. The minimum Gasteiger partial charge on any atom is -0.225 e. The number of benzene rings is 1. The van der Waals surface area contributed by atoms with Crippen molar-refractivity contribution in [3.63, 3.8) is 0 Å². The van der Waals surface area contributed by atoms with Gasteiger partial charge in [-0.2, -0.15) is 0 Å². The Morgan fingerprint density at radius 1 is 1.29 bits per heavy atom. The minimum absolute atomic E-state index is 0.0189. The fourth-order valence-electron chi connectivity index (χ4n) is 1.35. The number of nitrogens with zero attached hydrogens (tertiary/aromatic N) is 1. The summed E-state index contributed by atoms with van der Waals surface area (Å²) >= 11 is 0. The molecule has 0 bridgehead atoms. The summed E-state index contributed by atoms with van der Waals surface area (Å²) in [5, 5.41) is 7.73. The quantitative estimate of drug-likeness (QED) is 0.753. The number of hydrogen-bond donors (Lipinski definition) is 1. The van der Waals surface area contributed by atoms with Gasteiger partial charge in [-0.1, -0.05) is 6.07 Å². The van der Waals surface area contributed by atoms with Crippen LogP contribution in [0.5, 0.6) is 0 Å². The summed E-state index contributed by atoms with van der Waals surface area (Å²) in [4.78, 5) is 10.3. The van der Waals surface area contributed by atoms with Crippen molar-refractivity contribution in [1.82, 2.24) is 0 Å². The monoisotopic (exact) mass is 214 g/mol. The molecule has 76 valence electrons. The van der Waals surface area contributed by atoms with Gasteiger partial charge in [0.2, 0.25) is 10.0 Å². The summed E-state index contributed by atoms with van der Waals surface area (Å²) in [6, 6.07) is 2.97. The Balaban J connectivity index is 3.65. The van der Waals surface area contributed by atoms with Gasteiger partial charge < -0.3 is 0 Å². The van der Waals surface area contributed by atoms with Crippen molar-refractivity contribution in [1.29, 1.82) is 0 Å². The van der Waals surface area contributed by atoms with Crippen LogP contribution in [0, 0.1) is 18.8 Å². The second kappa shape index (κ2) is 3.47. The van der Waals surface area contributed by atoms with Crippen LogP contribution in [0.3, 0.4) is 0 Å². The van der Waals surface area contributed by atoms with Crippen LogP contribution in [0.2, 0.25) is 0 Å². The van der Waals surface area contributed by atoms with Crippen LogP contribution in [0.15, 0.2) is 22.2 Å². The molecule has 0 aromatic heterocycles. The molecule has 0 atom stereocenters. The molecule has 6 heteroatoms. The number of hydrogen-bond acceptors (Lipinski definition) is 4. The number of sulfonamides is 1. The molecule has 0 radical (unpaired) electrons. The van der Waals surface area contributed by atoms with E-state index in [1.807, 2.05) is 0 Å². The zero-order valence-corrected chi connectivity index (χ0v) is 8.63. The second-order valence-corrected chi connectivity index (χ2v) is 4.49. The molecule has 0 aliphatic carbocycles. The molecular weight excluding hydrogens is 204 g/mol. The first-order chi connectivity index (χ1) is 6.38. The summed E-state index contributed by atoms with van der Waals surface area (Å²) in [6.45, 7) is 3.12. The number of aryl methyl sites for hydroxylation is 1. The molecule has 1 aromatic rings. The first kappa shape index (κ1) is 10.8. The van der Waals surface area contributed by atoms with Crippen molar-refractivity contribution in [3.8, 4) is 0 Å². The molecule has 0 heterocycles. The fraction of sp³-hybridized carbons (Fsp3) is 0.250. The third kappa shape index (κ3) is 1.80. The summed E-state index contributed by atoms with van der Waals surface area (Å²) in [5.74, 6) is 0. The van der Waals surface area contributed by atoms with Gasteiger partial charge in [0, 0.05) is 0 Å². The van der Waals surface area contributed by atoms with E-state index in [-0.39, 0.29) is 10.6 Å². The topological polar surface area (TPSA) is 89.6 Å². The molecule has 0 aliphatic heterocycles. The molecule has 1 aromatic carbocycles. The van der Waals surface area contributed by atoms with Crippen LogP contribution in [0.1, 0.15) is 11.1 Å². The lowest BCUT2D eigenvalue weighted by atomic mass is 10.1. The molecule has 0 fully saturated rings. The van der Waals surface area contributed by atoms with Gasteiger partial charge >= 0.3 is 0 Å². The summed E-state index contributed by atoms with van der Waals surface area (Å²) in [6.07, 6.45) is 0. The second-order valence-electron chi connectivity index (χ2n) is 2.99. The molecular formula is C8H10N2O3S. The normalized spacial score (nSPS) is 11.4. The lowest BCUT2D eigenvalue weighted by Gasteiger charge is -2.07. The van der Waals surface area contributed by atoms with Gasteiger partial charge in [-0.15, -0.1) is 4.91 Å². The van der Waals surface area contributed by atoms with Crippen molar-refractivity contribution in [3.05, 3.63) is 28.2 Å². The van der Waals surface area contributed by atoms with E-state index < -0.39 is 10.0 Å². The van der Waals surface area contributed by atoms with E-state index in [4.69, 9.17) is 5.14 Å². The summed E-state index contributed by atoms with van der Waals surface area (Å²) in [5.41, 5.74) is 0.902. The lowest BCUT2D eigenvalue weighted by Crippen LogP contribution is -2.15. The van der Waals surface area contributed by atoms with Gasteiger partial charge in [-0.05, 0) is 36.2 Å². The first-order valence-corrected chi connectivity index (χ1v) is 5.39. The molecule has 1 rings (SSSR count). The highest BCUT2D eigenvalue weighted by Gasteiger charge is 2.17. The standard InChI is InChI=1S/C8H10N2O3S/c1-5-3-4-7(10-11)6(2)8(5)14(9,12)13/h3-4H,1-2H3,(H2,9,12,13). The summed E-state index contributed by atoms with van der Waals surface area (Å²) < 4.78 is 22.4. The predicted octanol–water partition coefficient (Wildman–Crippen LogP) is 1.35. The van der Waals surface area contributed by atoms with Crippen molar-refractivity contribution in [2.24, 2.45) is 10.3 Å². The Kier molecular flexibility index (Phi) is 2.68. The van der Waals surface area contributed by atoms with Gasteiger partial charge in [0.25, 0.3) is 0 Å². The van der Waals surface area contributed by atoms with Crippen LogP contribution >= 0.6 is 0 Å². The molecule has 0 amide bonds. The van der Waals surface area contributed by atoms with Gasteiger partial charge in [-0.3, -0.25) is 0 Å². The Morgan fingerprint density at radius 2 is 1.86 bits per heavy atom. The molecule has 2 N–H and O–H groups in total. The molecule has 5 nitrogen and oxygen atoms in total. The third-order valence-electron chi connectivity index (χ3n) is 1.96. The first-order valence-electron chi connectivity index (χ1n) is 3.84. The van der Waals surface area contributed by atoms with E-state index in [9.17, 15) is 13.3 Å². The minimum atomic E-state index is -3.80. The highest BCUT2D eigenvalue weighted by Crippen LogP contribution is 2.27. The maximum absolute atomic E-state index is 11.2. The van der Waals surface area contributed by atoms with Crippen LogP contribution in [0.25, 0.3) is 0 Å². The number of nitroso groups, excluding NO2 is 1. The number of primary sulfonamides is 1. The Labute approximate surface area is 82.0 Å². The molecule has 0 aliphatic rings. The lowest BCUT2D eigenvalue weighted by molar-refractivity contribution is 0.596. The van der Waals surface area contributed by atoms with Crippen molar-refractivity contribution < 1.29 is 8.42 Å². The van der Waals surface area contributed by atoms with Crippen LogP contribution in [-0.4, -0.2) is 8.42 Å². The Morgan fingerprint density at radius 3 is 2.29 bits per heavy atom. The molecule has 0 saturated heterocycles. The highest BCUT2D eigenvalue weighted by atomic mass is 32.2. The molecule has 0 saturated carbocycles. The smallest absolute Gasteiger partial charge is 0.225 e. The third-order valence-corrected chi connectivity index (χ3v) is 3.15. The maximum atomic E-state index is 11.2. The maximum Gasteiger partial charge on any atom is 0.238 e. The van der Waals surface area contributed by atoms with Crippen molar-refractivity contribution in [2.75, 3.05) is 0 Å². The van der Waals surface area contributed by atoms with Crippen LogP contribution in [-0.2, 0) is 10.0 Å². The Bertz CT molecular complexity index is 480. The number of rotatable bonds is 2. The van der Waals surface area contributed by atoms with E-state index >= 15 is 0 Å². The Hall–Kier alpha value is -1.27. The van der Waals surface area contributed by atoms with E-state index in [0.717, 1.165) is 0 Å². The zero-order chi connectivity index (χ0) is 10.9. The number of nitrogens with two attached hydrogens (primary N) is 1. The van der Waals surface area contributed by atoms with E-state index in [1.54, 1.807) is 6.92 Å². The van der Waals surface area contributed by atoms with E-state index in [1.165, 1.54) is 19.1 Å². The largest absolute Gasteiger partial charge is 0.238 e. The molecule has 0 unspecified atom stereocenters. The average Bonchev–Trinajstić information content (AvgIpc) is 2.02. The van der Waals surface area contributed by atoms with Crippen LogP contribution in [0.4, 0.5) is 5.69 Å².